The van der Waals surface area contributed by atoms with Gasteiger partial charge in [-0.3, -0.25) is 0 Å². The van der Waals surface area contributed by atoms with Gasteiger partial charge in [-0.25, -0.2) is 9.59 Å². The number of rotatable bonds is 4. The summed E-state index contributed by atoms with van der Waals surface area (Å²) in [6.07, 6.45) is 3.56. The highest BCUT2D eigenvalue weighted by molar-refractivity contribution is 5.75. The quantitative estimate of drug-likeness (QED) is 0.741. The van der Waals surface area contributed by atoms with Gasteiger partial charge in [-0.15, -0.1) is 0 Å². The van der Waals surface area contributed by atoms with E-state index in [1.807, 2.05) is 0 Å². The lowest BCUT2D eigenvalue weighted by atomic mass is 9.68. The van der Waals surface area contributed by atoms with E-state index in [4.69, 9.17) is 4.74 Å². The van der Waals surface area contributed by atoms with Crippen molar-refractivity contribution in [3.05, 3.63) is 0 Å². The van der Waals surface area contributed by atoms with Gasteiger partial charge in [-0.05, 0) is 46.5 Å². The van der Waals surface area contributed by atoms with Crippen molar-refractivity contribution in [1.82, 2.24) is 5.32 Å². The summed E-state index contributed by atoms with van der Waals surface area (Å²) in [7, 11) is 0. The molecule has 0 aromatic rings. The van der Waals surface area contributed by atoms with E-state index in [1.54, 1.807) is 20.8 Å². The lowest BCUT2D eigenvalue weighted by molar-refractivity contribution is -0.154. The molecule has 6 nitrogen and oxygen atoms in total. The van der Waals surface area contributed by atoms with Crippen molar-refractivity contribution in [1.29, 1.82) is 0 Å². The molecule has 0 aromatic heterocycles. The second-order valence-electron chi connectivity index (χ2n) is 7.67. The maximum Gasteiger partial charge on any atom is 0.408 e. The van der Waals surface area contributed by atoms with Gasteiger partial charge in [-0.2, -0.15) is 0 Å². The number of aliphatic hydroxyl groups is 1. The van der Waals surface area contributed by atoms with E-state index in [0.29, 0.717) is 25.7 Å². The summed E-state index contributed by atoms with van der Waals surface area (Å²) in [4.78, 5) is 23.5. The fraction of sp³-hybridized carbons (Fsp3) is 0.875. The van der Waals surface area contributed by atoms with Crippen LogP contribution in [0.25, 0.3) is 0 Å². The fourth-order valence-corrected chi connectivity index (χ4v) is 3.79. The molecular weight excluding hydrogens is 286 g/mol. The Morgan fingerprint density at radius 2 is 1.64 bits per heavy atom. The summed E-state index contributed by atoms with van der Waals surface area (Å²) < 4.78 is 5.35. The highest BCUT2D eigenvalue weighted by Crippen LogP contribution is 2.61. The molecule has 3 N–H and O–H groups in total. The van der Waals surface area contributed by atoms with Crippen molar-refractivity contribution in [2.24, 2.45) is 5.41 Å². The molecule has 0 spiro atoms. The molecule has 0 bridgehead atoms. The van der Waals surface area contributed by atoms with E-state index in [0.717, 1.165) is 19.3 Å². The molecule has 2 fully saturated rings. The standard InChI is InChI=1S/C16H27NO5/c1-14(2,3)22-13(21)17-16(7-5-4-6-8-16)15(9-10-15)11(18)12(19)20/h11,18H,4-10H2,1-3H3,(H,17,21)(H,19,20). The Kier molecular flexibility index (Phi) is 4.44. The molecule has 0 aromatic carbocycles. The summed E-state index contributed by atoms with van der Waals surface area (Å²) in [6, 6.07) is 0. The molecule has 0 aliphatic heterocycles. The molecule has 0 radical (unpaired) electrons. The highest BCUT2D eigenvalue weighted by Gasteiger charge is 2.65. The van der Waals surface area contributed by atoms with Crippen LogP contribution in [0.5, 0.6) is 0 Å². The van der Waals surface area contributed by atoms with Crippen LogP contribution in [0.1, 0.15) is 65.7 Å². The lowest BCUT2D eigenvalue weighted by Gasteiger charge is -2.46. The first-order valence-corrected chi connectivity index (χ1v) is 8.04. The Morgan fingerprint density at radius 3 is 2.05 bits per heavy atom. The van der Waals surface area contributed by atoms with Gasteiger partial charge in [-0.1, -0.05) is 19.3 Å². The number of amides is 1. The van der Waals surface area contributed by atoms with Gasteiger partial charge in [0.05, 0.1) is 5.54 Å². The Bertz CT molecular complexity index is 444. The molecule has 0 saturated heterocycles. The van der Waals surface area contributed by atoms with Crippen LogP contribution >= 0.6 is 0 Å². The fourth-order valence-electron chi connectivity index (χ4n) is 3.79. The molecule has 2 saturated carbocycles. The van der Waals surface area contributed by atoms with Crippen LogP contribution in [0.4, 0.5) is 4.79 Å². The Hall–Kier alpha value is -1.30. The molecule has 0 heterocycles. The third-order valence-corrected chi connectivity index (χ3v) is 4.95. The van der Waals surface area contributed by atoms with Crippen LogP contribution in [0.2, 0.25) is 0 Å². The first-order chi connectivity index (χ1) is 10.1. The molecule has 126 valence electrons. The third kappa shape index (κ3) is 3.21. The first kappa shape index (κ1) is 17.1. The van der Waals surface area contributed by atoms with Gasteiger partial charge in [0.1, 0.15) is 5.60 Å². The summed E-state index contributed by atoms with van der Waals surface area (Å²) in [5.41, 5.74) is -2.04. The summed E-state index contributed by atoms with van der Waals surface area (Å²) in [5, 5.41) is 22.4. The topological polar surface area (TPSA) is 95.9 Å². The number of hydrogen-bond donors (Lipinski definition) is 3. The molecule has 1 amide bonds. The number of hydrogen-bond acceptors (Lipinski definition) is 4. The van der Waals surface area contributed by atoms with E-state index in [9.17, 15) is 19.8 Å². The number of aliphatic hydroxyl groups excluding tert-OH is 1. The minimum Gasteiger partial charge on any atom is -0.479 e. The smallest absolute Gasteiger partial charge is 0.408 e. The van der Waals surface area contributed by atoms with Crippen LogP contribution in [-0.2, 0) is 9.53 Å². The van der Waals surface area contributed by atoms with E-state index in [1.165, 1.54) is 0 Å². The van der Waals surface area contributed by atoms with Gasteiger partial charge < -0.3 is 20.3 Å². The van der Waals surface area contributed by atoms with Crippen molar-refractivity contribution >= 4 is 12.1 Å². The zero-order chi connectivity index (χ0) is 16.6. The lowest BCUT2D eigenvalue weighted by Crippen LogP contribution is -2.61. The number of carboxylic acid groups (broad SMARTS) is 1. The van der Waals surface area contributed by atoms with Crippen molar-refractivity contribution in [2.45, 2.75) is 83.0 Å². The summed E-state index contributed by atoms with van der Waals surface area (Å²) in [5.74, 6) is -1.21. The van der Waals surface area contributed by atoms with E-state index < -0.39 is 34.7 Å². The number of alkyl carbamates (subject to hydrolysis) is 1. The second kappa shape index (κ2) is 5.72. The molecule has 22 heavy (non-hydrogen) atoms. The van der Waals surface area contributed by atoms with Crippen molar-refractivity contribution in [2.75, 3.05) is 0 Å². The normalized spacial score (nSPS) is 24.2. The van der Waals surface area contributed by atoms with Crippen LogP contribution in [0.15, 0.2) is 0 Å². The van der Waals surface area contributed by atoms with Gasteiger partial charge in [0.15, 0.2) is 6.10 Å². The SMILES string of the molecule is CC(C)(C)OC(=O)NC1(C2(C(O)C(=O)O)CC2)CCCCC1. The number of carbonyl (C=O) groups excluding carboxylic acids is 1. The number of ether oxygens (including phenoxy) is 1. The summed E-state index contributed by atoms with van der Waals surface area (Å²) >= 11 is 0. The van der Waals surface area contributed by atoms with Crippen molar-refractivity contribution in [3.63, 3.8) is 0 Å². The van der Waals surface area contributed by atoms with Gasteiger partial charge >= 0.3 is 12.1 Å². The largest absolute Gasteiger partial charge is 0.479 e. The number of carboxylic acids is 1. The number of carbonyl (C=O) groups is 2. The van der Waals surface area contributed by atoms with Crippen LogP contribution < -0.4 is 5.32 Å². The van der Waals surface area contributed by atoms with Crippen molar-refractivity contribution < 1.29 is 24.5 Å². The zero-order valence-electron chi connectivity index (χ0n) is 13.6. The third-order valence-electron chi connectivity index (χ3n) is 4.95. The van der Waals surface area contributed by atoms with Gasteiger partial charge in [0.25, 0.3) is 0 Å². The maximum absolute atomic E-state index is 12.2. The average Bonchev–Trinajstić information content (AvgIpc) is 3.18. The van der Waals surface area contributed by atoms with Crippen LogP contribution in [0.3, 0.4) is 0 Å². The molecule has 2 aliphatic rings. The molecule has 1 atom stereocenters. The Labute approximate surface area is 131 Å². The molecule has 1 unspecified atom stereocenters. The van der Waals surface area contributed by atoms with Gasteiger partial charge in [0.2, 0.25) is 0 Å². The van der Waals surface area contributed by atoms with E-state index in [-0.39, 0.29) is 0 Å². The predicted octanol–water partition coefficient (Wildman–Crippen LogP) is 2.44. The Balaban J connectivity index is 2.22. The first-order valence-electron chi connectivity index (χ1n) is 8.04. The number of aliphatic carboxylic acids is 1. The maximum atomic E-state index is 12.2. The second-order valence-corrected chi connectivity index (χ2v) is 7.67. The monoisotopic (exact) mass is 313 g/mol. The number of nitrogens with one attached hydrogen (secondary N) is 1. The van der Waals surface area contributed by atoms with Crippen molar-refractivity contribution in [3.8, 4) is 0 Å². The molecular formula is C16H27NO5. The van der Waals surface area contributed by atoms with Crippen LogP contribution in [-0.4, -0.2) is 39.5 Å². The predicted molar refractivity (Wildman–Crippen MR) is 80.5 cm³/mol. The molecule has 6 heteroatoms. The minimum absolute atomic E-state index is 0.529. The molecule has 2 rings (SSSR count). The highest BCUT2D eigenvalue weighted by atomic mass is 16.6. The minimum atomic E-state index is -1.44. The molecule has 2 aliphatic carbocycles. The van der Waals surface area contributed by atoms with Crippen LogP contribution in [0, 0.1) is 5.41 Å². The van der Waals surface area contributed by atoms with E-state index >= 15 is 0 Å². The summed E-state index contributed by atoms with van der Waals surface area (Å²) in [6.45, 7) is 5.37. The Morgan fingerprint density at radius 1 is 1.09 bits per heavy atom. The van der Waals surface area contributed by atoms with E-state index in [2.05, 4.69) is 5.32 Å². The average molecular weight is 313 g/mol. The van der Waals surface area contributed by atoms with Gasteiger partial charge in [0, 0.05) is 5.41 Å². The zero-order valence-corrected chi connectivity index (χ0v) is 13.6.